The van der Waals surface area contributed by atoms with Gasteiger partial charge in [0.1, 0.15) is 18.8 Å². The van der Waals surface area contributed by atoms with Gasteiger partial charge >= 0.3 is 0 Å². The maximum atomic E-state index is 10.2. The van der Waals surface area contributed by atoms with E-state index in [1.54, 1.807) is 6.07 Å². The molecule has 1 aliphatic rings. The van der Waals surface area contributed by atoms with Crippen LogP contribution in [0.2, 0.25) is 0 Å². The molecule has 1 aliphatic heterocycles. The second-order valence-corrected chi connectivity index (χ2v) is 7.59. The number of phenolic OH excluding ortho intramolecular Hbond substituents is 1. The number of hydrogen-bond donors (Lipinski definition) is 2. The van der Waals surface area contributed by atoms with E-state index >= 15 is 0 Å². The molecule has 0 aliphatic carbocycles. The summed E-state index contributed by atoms with van der Waals surface area (Å²) in [5.74, 6) is 1.60. The molecule has 1 atom stereocenters. The Bertz CT molecular complexity index is 717. The van der Waals surface area contributed by atoms with Crippen LogP contribution in [-0.2, 0) is 18.5 Å². The fourth-order valence-corrected chi connectivity index (χ4v) is 2.97. The minimum Gasteiger partial charge on any atom is -0.507 e. The Morgan fingerprint density at radius 3 is 2.25 bits per heavy atom. The summed E-state index contributed by atoms with van der Waals surface area (Å²) in [5.41, 5.74) is 3.69. The summed E-state index contributed by atoms with van der Waals surface area (Å²) in [7, 11) is 2.13. The van der Waals surface area contributed by atoms with Crippen LogP contribution < -0.4 is 14.4 Å². The van der Waals surface area contributed by atoms with Crippen molar-refractivity contribution in [1.82, 2.24) is 0 Å². The van der Waals surface area contributed by atoms with Crippen LogP contribution in [0, 0.1) is 0 Å². The number of hydrogen-bond acceptors (Lipinski definition) is 3. The third-order valence-electron chi connectivity index (χ3n) is 4.39. The lowest BCUT2D eigenvalue weighted by Gasteiger charge is -2.20. The van der Waals surface area contributed by atoms with Crippen molar-refractivity contribution in [2.24, 2.45) is 0 Å². The van der Waals surface area contributed by atoms with Crippen molar-refractivity contribution in [3.05, 3.63) is 53.1 Å². The van der Waals surface area contributed by atoms with E-state index in [1.807, 2.05) is 6.07 Å². The molecular weight excluding hydrogens is 302 g/mol. The third kappa shape index (κ3) is 3.65. The highest BCUT2D eigenvalue weighted by atomic mass is 16.7. The minimum atomic E-state index is 0.176. The number of benzene rings is 2. The molecule has 0 radical (unpaired) electrons. The molecule has 4 heteroatoms. The van der Waals surface area contributed by atoms with Crippen LogP contribution in [0.1, 0.15) is 37.5 Å². The van der Waals surface area contributed by atoms with E-state index in [1.165, 1.54) is 16.0 Å². The Hall–Kier alpha value is -2.20. The van der Waals surface area contributed by atoms with Gasteiger partial charge in [-0.25, -0.2) is 0 Å². The Balaban J connectivity index is 1.67. The lowest BCUT2D eigenvalue weighted by Crippen LogP contribution is -3.06. The summed E-state index contributed by atoms with van der Waals surface area (Å²) in [6.07, 6.45) is 0. The van der Waals surface area contributed by atoms with Gasteiger partial charge in [0.2, 0.25) is 6.79 Å². The van der Waals surface area contributed by atoms with Crippen molar-refractivity contribution in [3.8, 4) is 17.2 Å². The second kappa shape index (κ2) is 6.36. The molecule has 0 saturated heterocycles. The van der Waals surface area contributed by atoms with Crippen LogP contribution in [0.5, 0.6) is 17.2 Å². The molecule has 0 fully saturated rings. The topological polar surface area (TPSA) is 43.1 Å². The van der Waals surface area contributed by atoms with Gasteiger partial charge < -0.3 is 19.5 Å². The van der Waals surface area contributed by atoms with E-state index in [-0.39, 0.29) is 18.0 Å². The monoisotopic (exact) mass is 328 g/mol. The molecule has 1 unspecified atom stereocenters. The summed E-state index contributed by atoms with van der Waals surface area (Å²) in [6.45, 7) is 8.52. The van der Waals surface area contributed by atoms with E-state index in [9.17, 15) is 5.11 Å². The molecular formula is C20H26NO3+. The highest BCUT2D eigenvalue weighted by molar-refractivity contribution is 5.50. The van der Waals surface area contributed by atoms with Gasteiger partial charge in [0.05, 0.1) is 12.6 Å². The van der Waals surface area contributed by atoms with Gasteiger partial charge in [-0.1, -0.05) is 45.0 Å². The normalized spacial score (nSPS) is 14.7. The molecule has 24 heavy (non-hydrogen) atoms. The lowest BCUT2D eigenvalue weighted by atomic mass is 9.87. The van der Waals surface area contributed by atoms with Gasteiger partial charge in [0.25, 0.3) is 0 Å². The first-order valence-corrected chi connectivity index (χ1v) is 8.35. The minimum absolute atomic E-state index is 0.176. The molecule has 0 saturated carbocycles. The largest absolute Gasteiger partial charge is 0.507 e. The number of rotatable bonds is 4. The maximum Gasteiger partial charge on any atom is 0.231 e. The number of phenols is 1. The van der Waals surface area contributed by atoms with Crippen LogP contribution in [0.15, 0.2) is 36.4 Å². The molecule has 3 rings (SSSR count). The van der Waals surface area contributed by atoms with E-state index in [2.05, 4.69) is 52.1 Å². The first-order valence-electron chi connectivity index (χ1n) is 8.35. The fraction of sp³-hybridized carbons (Fsp3) is 0.400. The Kier molecular flexibility index (Phi) is 4.41. The number of quaternary nitrogens is 1. The van der Waals surface area contributed by atoms with Crippen LogP contribution in [0.3, 0.4) is 0 Å². The summed E-state index contributed by atoms with van der Waals surface area (Å²) >= 11 is 0. The summed E-state index contributed by atoms with van der Waals surface area (Å²) in [6, 6.07) is 12.3. The standard InChI is InChI=1S/C20H25NO3/c1-20(2,3)16-7-5-14(6-8-16)11-21(4)12-15-9-18-19(10-17(15)22)24-13-23-18/h5-10,22H,11-13H2,1-4H3/p+1. The van der Waals surface area contributed by atoms with Crippen molar-refractivity contribution in [1.29, 1.82) is 0 Å². The Morgan fingerprint density at radius 2 is 1.62 bits per heavy atom. The smallest absolute Gasteiger partial charge is 0.231 e. The summed E-state index contributed by atoms with van der Waals surface area (Å²) in [4.78, 5) is 1.30. The van der Waals surface area contributed by atoms with E-state index in [0.29, 0.717) is 11.5 Å². The van der Waals surface area contributed by atoms with E-state index in [4.69, 9.17) is 9.47 Å². The average Bonchev–Trinajstić information content (AvgIpc) is 2.94. The predicted molar refractivity (Wildman–Crippen MR) is 93.7 cm³/mol. The van der Waals surface area contributed by atoms with Gasteiger partial charge in [-0.3, -0.25) is 0 Å². The van der Waals surface area contributed by atoms with E-state index < -0.39 is 0 Å². The average molecular weight is 328 g/mol. The zero-order chi connectivity index (χ0) is 17.3. The molecule has 0 aromatic heterocycles. The van der Waals surface area contributed by atoms with Crippen LogP contribution >= 0.6 is 0 Å². The van der Waals surface area contributed by atoms with Gasteiger partial charge in [-0.05, 0) is 17.0 Å². The lowest BCUT2D eigenvalue weighted by molar-refractivity contribution is -0.907. The SMILES string of the molecule is C[NH+](Cc1ccc(C(C)(C)C)cc1)Cc1cc2c(cc1O)OCO2. The van der Waals surface area contributed by atoms with Crippen molar-refractivity contribution in [2.45, 2.75) is 39.3 Å². The molecule has 0 amide bonds. The number of ether oxygens (including phenoxy) is 2. The first-order chi connectivity index (χ1) is 11.3. The molecule has 2 N–H and O–H groups in total. The second-order valence-electron chi connectivity index (χ2n) is 7.59. The predicted octanol–water partition coefficient (Wildman–Crippen LogP) is 2.63. The molecule has 2 aromatic carbocycles. The molecule has 2 aromatic rings. The Labute approximate surface area is 143 Å². The Morgan fingerprint density at radius 1 is 1.00 bits per heavy atom. The van der Waals surface area contributed by atoms with Gasteiger partial charge in [-0.15, -0.1) is 0 Å². The van der Waals surface area contributed by atoms with Crippen LogP contribution in [0.4, 0.5) is 0 Å². The number of aromatic hydroxyl groups is 1. The molecule has 128 valence electrons. The van der Waals surface area contributed by atoms with Crippen molar-refractivity contribution in [2.75, 3.05) is 13.8 Å². The maximum absolute atomic E-state index is 10.2. The summed E-state index contributed by atoms with van der Waals surface area (Å²) < 4.78 is 10.7. The van der Waals surface area contributed by atoms with Crippen LogP contribution in [0.25, 0.3) is 0 Å². The number of fused-ring (bicyclic) bond motifs is 1. The zero-order valence-electron chi connectivity index (χ0n) is 14.8. The molecule has 1 heterocycles. The van der Waals surface area contributed by atoms with Crippen molar-refractivity contribution >= 4 is 0 Å². The van der Waals surface area contributed by atoms with Gasteiger partial charge in [-0.2, -0.15) is 0 Å². The molecule has 0 spiro atoms. The van der Waals surface area contributed by atoms with Gasteiger partial charge in [0.15, 0.2) is 11.5 Å². The zero-order valence-corrected chi connectivity index (χ0v) is 14.8. The highest BCUT2D eigenvalue weighted by Crippen LogP contribution is 2.37. The molecule has 4 nitrogen and oxygen atoms in total. The first kappa shape index (κ1) is 16.7. The molecule has 0 bridgehead atoms. The fourth-order valence-electron chi connectivity index (χ4n) is 2.97. The highest BCUT2D eigenvalue weighted by Gasteiger charge is 2.19. The van der Waals surface area contributed by atoms with Crippen molar-refractivity contribution in [3.63, 3.8) is 0 Å². The summed E-state index contributed by atoms with van der Waals surface area (Å²) in [5, 5.41) is 10.2. The van der Waals surface area contributed by atoms with Crippen LogP contribution in [-0.4, -0.2) is 18.9 Å². The number of nitrogens with one attached hydrogen (secondary N) is 1. The van der Waals surface area contributed by atoms with Gasteiger partial charge in [0, 0.05) is 11.6 Å². The van der Waals surface area contributed by atoms with E-state index in [0.717, 1.165) is 18.7 Å². The quantitative estimate of drug-likeness (QED) is 0.907. The van der Waals surface area contributed by atoms with Crippen molar-refractivity contribution < 1.29 is 19.5 Å². The third-order valence-corrected chi connectivity index (χ3v) is 4.39.